The van der Waals surface area contributed by atoms with Crippen LogP contribution in [0.2, 0.25) is 0 Å². The Morgan fingerprint density at radius 1 is 1.15 bits per heavy atom. The van der Waals surface area contributed by atoms with Crippen LogP contribution in [-0.2, 0) is 0 Å². The van der Waals surface area contributed by atoms with Crippen LogP contribution in [0.4, 0.5) is 26.2 Å². The Bertz CT molecular complexity index is 892. The fourth-order valence-electron chi connectivity index (χ4n) is 2.24. The van der Waals surface area contributed by atoms with Crippen LogP contribution in [0.3, 0.4) is 0 Å². The highest BCUT2D eigenvalue weighted by Gasteiger charge is 2.11. The molecule has 26 heavy (non-hydrogen) atoms. The largest absolute Gasteiger partial charge is 0.394 e. The molecule has 0 unspecified atom stereocenters. The molecule has 1 atom stereocenters. The summed E-state index contributed by atoms with van der Waals surface area (Å²) in [6, 6.07) is 8.03. The van der Waals surface area contributed by atoms with Gasteiger partial charge in [0.15, 0.2) is 0 Å². The van der Waals surface area contributed by atoms with Crippen LogP contribution in [0.15, 0.2) is 48.8 Å². The maximum atomic E-state index is 13.9. The molecule has 2 aromatic heterocycles. The Hall–Kier alpha value is -3.13. The van der Waals surface area contributed by atoms with Gasteiger partial charge in [0, 0.05) is 36.1 Å². The number of halogens is 2. The van der Waals surface area contributed by atoms with Crippen molar-refractivity contribution in [2.45, 2.75) is 13.0 Å². The summed E-state index contributed by atoms with van der Waals surface area (Å²) >= 11 is 0. The molecule has 0 bridgehead atoms. The van der Waals surface area contributed by atoms with Crippen molar-refractivity contribution >= 4 is 17.5 Å². The lowest BCUT2D eigenvalue weighted by Crippen LogP contribution is -2.21. The molecule has 0 saturated carbocycles. The highest BCUT2D eigenvalue weighted by molar-refractivity contribution is 5.67. The molecule has 3 N–H and O–H groups in total. The summed E-state index contributed by atoms with van der Waals surface area (Å²) in [7, 11) is 0. The highest BCUT2D eigenvalue weighted by Crippen LogP contribution is 2.25. The van der Waals surface area contributed by atoms with E-state index in [1.165, 1.54) is 0 Å². The van der Waals surface area contributed by atoms with Gasteiger partial charge in [0.25, 0.3) is 0 Å². The molecule has 0 amide bonds. The van der Waals surface area contributed by atoms with Crippen molar-refractivity contribution in [3.05, 3.63) is 60.4 Å². The summed E-state index contributed by atoms with van der Waals surface area (Å²) in [5, 5.41) is 14.9. The first-order chi connectivity index (χ1) is 12.5. The van der Waals surface area contributed by atoms with Gasteiger partial charge < -0.3 is 15.7 Å². The number of anilines is 3. The SMILES string of the molecule is C[C@H](CO)Nc1nc(Nc2cc(F)ccc2F)cc(-c2cccnc2)n1. The fourth-order valence-corrected chi connectivity index (χ4v) is 2.24. The first kappa shape index (κ1) is 17.7. The molecule has 134 valence electrons. The third kappa shape index (κ3) is 4.28. The highest BCUT2D eigenvalue weighted by atomic mass is 19.1. The van der Waals surface area contributed by atoms with Gasteiger partial charge in [-0.3, -0.25) is 4.98 Å². The number of aliphatic hydroxyl groups excluding tert-OH is 1. The van der Waals surface area contributed by atoms with E-state index in [9.17, 15) is 13.9 Å². The molecule has 6 nitrogen and oxygen atoms in total. The molecule has 0 aliphatic carbocycles. The molecule has 0 radical (unpaired) electrons. The van der Waals surface area contributed by atoms with E-state index in [-0.39, 0.29) is 30.1 Å². The van der Waals surface area contributed by atoms with Gasteiger partial charge in [0.1, 0.15) is 17.5 Å². The van der Waals surface area contributed by atoms with Crippen molar-refractivity contribution in [1.29, 1.82) is 0 Å². The maximum absolute atomic E-state index is 13.9. The molecule has 3 rings (SSSR count). The topological polar surface area (TPSA) is 83.0 Å². The average molecular weight is 357 g/mol. The molecule has 3 aromatic rings. The first-order valence-electron chi connectivity index (χ1n) is 7.94. The van der Waals surface area contributed by atoms with Crippen molar-refractivity contribution < 1.29 is 13.9 Å². The van der Waals surface area contributed by atoms with E-state index in [2.05, 4.69) is 25.6 Å². The molecule has 0 fully saturated rings. The zero-order chi connectivity index (χ0) is 18.5. The minimum Gasteiger partial charge on any atom is -0.394 e. The van der Waals surface area contributed by atoms with Crippen molar-refractivity contribution in [2.75, 3.05) is 17.2 Å². The number of nitrogens with one attached hydrogen (secondary N) is 2. The molecule has 0 saturated heterocycles. The van der Waals surface area contributed by atoms with E-state index >= 15 is 0 Å². The predicted octanol–water partition coefficient (Wildman–Crippen LogP) is 3.35. The van der Waals surface area contributed by atoms with Gasteiger partial charge in [0.2, 0.25) is 5.95 Å². The quantitative estimate of drug-likeness (QED) is 0.628. The summed E-state index contributed by atoms with van der Waals surface area (Å²) in [6.45, 7) is 1.65. The summed E-state index contributed by atoms with van der Waals surface area (Å²) in [6.07, 6.45) is 3.27. The molecule has 1 aromatic carbocycles. The van der Waals surface area contributed by atoms with Crippen LogP contribution < -0.4 is 10.6 Å². The Labute approximate surface area is 149 Å². The van der Waals surface area contributed by atoms with Crippen molar-refractivity contribution in [2.24, 2.45) is 0 Å². The van der Waals surface area contributed by atoms with E-state index in [0.29, 0.717) is 5.69 Å². The van der Waals surface area contributed by atoms with Crippen LogP contribution in [0, 0.1) is 11.6 Å². The number of benzene rings is 1. The third-order valence-electron chi connectivity index (χ3n) is 3.52. The lowest BCUT2D eigenvalue weighted by Gasteiger charge is -2.14. The molecule has 2 heterocycles. The molecular formula is C18H17F2N5O. The number of aromatic nitrogens is 3. The molecule has 0 aliphatic heterocycles. The van der Waals surface area contributed by atoms with E-state index < -0.39 is 11.6 Å². The lowest BCUT2D eigenvalue weighted by molar-refractivity contribution is 0.281. The zero-order valence-corrected chi connectivity index (χ0v) is 13.9. The summed E-state index contributed by atoms with van der Waals surface area (Å²) in [4.78, 5) is 12.7. The zero-order valence-electron chi connectivity index (χ0n) is 13.9. The molecular weight excluding hydrogens is 340 g/mol. The van der Waals surface area contributed by atoms with Crippen molar-refractivity contribution in [1.82, 2.24) is 15.0 Å². The molecule has 8 heteroatoms. The minimum absolute atomic E-state index is 0.0398. The Morgan fingerprint density at radius 2 is 2.00 bits per heavy atom. The van der Waals surface area contributed by atoms with Crippen LogP contribution in [0.25, 0.3) is 11.3 Å². The first-order valence-corrected chi connectivity index (χ1v) is 7.94. The lowest BCUT2D eigenvalue weighted by atomic mass is 10.2. The van der Waals surface area contributed by atoms with Crippen molar-refractivity contribution in [3.8, 4) is 11.3 Å². The summed E-state index contributed by atoms with van der Waals surface area (Å²) < 4.78 is 27.3. The maximum Gasteiger partial charge on any atom is 0.225 e. The third-order valence-corrected chi connectivity index (χ3v) is 3.52. The smallest absolute Gasteiger partial charge is 0.225 e. The van der Waals surface area contributed by atoms with Gasteiger partial charge in [0.05, 0.1) is 18.0 Å². The second kappa shape index (κ2) is 7.83. The van der Waals surface area contributed by atoms with Gasteiger partial charge in [-0.15, -0.1) is 0 Å². The number of rotatable bonds is 6. The number of hydrogen-bond donors (Lipinski definition) is 3. The normalized spacial score (nSPS) is 11.8. The van der Waals surface area contributed by atoms with Crippen molar-refractivity contribution in [3.63, 3.8) is 0 Å². The van der Waals surface area contributed by atoms with E-state index in [1.54, 1.807) is 31.5 Å². The number of hydrogen-bond acceptors (Lipinski definition) is 6. The summed E-state index contributed by atoms with van der Waals surface area (Å²) in [5.41, 5.74) is 1.24. The number of nitrogens with zero attached hydrogens (tertiary/aromatic N) is 3. The molecule has 0 aliphatic rings. The number of pyridine rings is 1. The Balaban J connectivity index is 2.00. The Morgan fingerprint density at radius 3 is 2.73 bits per heavy atom. The second-order valence-corrected chi connectivity index (χ2v) is 5.68. The van der Waals surface area contributed by atoms with Crippen LogP contribution in [0.5, 0.6) is 0 Å². The van der Waals surface area contributed by atoms with Gasteiger partial charge in [-0.1, -0.05) is 0 Å². The monoisotopic (exact) mass is 357 g/mol. The van der Waals surface area contributed by atoms with Gasteiger partial charge >= 0.3 is 0 Å². The van der Waals surface area contributed by atoms with Crippen LogP contribution in [-0.4, -0.2) is 32.7 Å². The van der Waals surface area contributed by atoms with E-state index in [0.717, 1.165) is 23.8 Å². The van der Waals surface area contributed by atoms with E-state index in [1.807, 2.05) is 6.07 Å². The predicted molar refractivity (Wildman–Crippen MR) is 95.1 cm³/mol. The van der Waals surface area contributed by atoms with Gasteiger partial charge in [-0.05, 0) is 31.2 Å². The van der Waals surface area contributed by atoms with E-state index in [4.69, 9.17) is 0 Å². The van der Waals surface area contributed by atoms with Crippen LogP contribution >= 0.6 is 0 Å². The average Bonchev–Trinajstić information content (AvgIpc) is 2.65. The minimum atomic E-state index is -0.605. The van der Waals surface area contributed by atoms with Gasteiger partial charge in [-0.2, -0.15) is 4.98 Å². The fraction of sp³-hybridized carbons (Fsp3) is 0.167. The Kier molecular flexibility index (Phi) is 5.33. The standard InChI is InChI=1S/C18H17F2N5O/c1-11(10-26)22-18-24-15(12-3-2-6-21-9-12)8-17(25-18)23-16-7-13(19)4-5-14(16)20/h2-9,11,26H,10H2,1H3,(H2,22,23,24,25)/t11-/m1/s1. The number of aliphatic hydroxyl groups is 1. The summed E-state index contributed by atoms with van der Waals surface area (Å²) in [5.74, 6) is -0.655. The second-order valence-electron chi connectivity index (χ2n) is 5.68. The molecule has 0 spiro atoms. The van der Waals surface area contributed by atoms with Crippen LogP contribution in [0.1, 0.15) is 6.92 Å². The van der Waals surface area contributed by atoms with Gasteiger partial charge in [-0.25, -0.2) is 13.8 Å².